The Labute approximate surface area is 176 Å². The highest BCUT2D eigenvalue weighted by atomic mass is 32.1. The van der Waals surface area contributed by atoms with Crippen LogP contribution in [0.1, 0.15) is 20.8 Å². The van der Waals surface area contributed by atoms with Gasteiger partial charge in [0.1, 0.15) is 15.3 Å². The molecule has 0 spiro atoms. The zero-order chi connectivity index (χ0) is 22.3. The van der Waals surface area contributed by atoms with E-state index >= 15 is 0 Å². The molecule has 0 aliphatic heterocycles. The van der Waals surface area contributed by atoms with Crippen molar-refractivity contribution in [2.45, 2.75) is 27.3 Å². The molecule has 30 heavy (non-hydrogen) atoms. The minimum absolute atomic E-state index is 0.0945. The molecule has 0 saturated heterocycles. The second kappa shape index (κ2) is 10.1. The summed E-state index contributed by atoms with van der Waals surface area (Å²) in [5, 5.41) is 23.7. The third-order valence-corrected chi connectivity index (χ3v) is 4.87. The minimum atomic E-state index is -1.41. The van der Waals surface area contributed by atoms with Crippen molar-refractivity contribution in [2.75, 3.05) is 10.6 Å². The van der Waals surface area contributed by atoms with E-state index < -0.39 is 11.5 Å². The van der Waals surface area contributed by atoms with E-state index in [1.165, 1.54) is 10.8 Å². The van der Waals surface area contributed by atoms with Gasteiger partial charge in [-0.2, -0.15) is 5.26 Å². The molecule has 0 unspecified atom stereocenters. The zero-order valence-electron chi connectivity index (χ0n) is 16.6. The van der Waals surface area contributed by atoms with Gasteiger partial charge in [0.2, 0.25) is 5.91 Å². The van der Waals surface area contributed by atoms with Gasteiger partial charge in [-0.05, 0) is 25.1 Å². The molecule has 8 nitrogen and oxygen atoms in total. The molecule has 1 amide bonds. The fraction of sp³-hybridized carbons (Fsp3) is 0.238. The smallest absolute Gasteiger partial charge is 0.354 e. The van der Waals surface area contributed by atoms with Crippen molar-refractivity contribution in [1.29, 1.82) is 5.26 Å². The average Bonchev–Trinajstić information content (AvgIpc) is 3.00. The van der Waals surface area contributed by atoms with Crippen molar-refractivity contribution in [3.05, 3.63) is 55.6 Å². The number of carboxylic acids is 1. The molecule has 0 aliphatic rings. The van der Waals surface area contributed by atoms with Crippen LogP contribution in [0.2, 0.25) is 0 Å². The van der Waals surface area contributed by atoms with Gasteiger partial charge >= 0.3 is 5.97 Å². The van der Waals surface area contributed by atoms with Crippen molar-refractivity contribution in [2.24, 2.45) is 5.92 Å². The van der Waals surface area contributed by atoms with Crippen molar-refractivity contribution in [1.82, 2.24) is 4.57 Å². The lowest BCUT2D eigenvalue weighted by Gasteiger charge is -2.08. The van der Waals surface area contributed by atoms with Crippen molar-refractivity contribution >= 4 is 46.1 Å². The van der Waals surface area contributed by atoms with E-state index in [9.17, 15) is 14.4 Å². The Balaban J connectivity index is 2.43. The molecule has 2 aromatic rings. The van der Waals surface area contributed by atoms with E-state index in [4.69, 9.17) is 10.4 Å². The van der Waals surface area contributed by atoms with Crippen LogP contribution in [0.5, 0.6) is 0 Å². The number of rotatable bonds is 6. The quantitative estimate of drug-likeness (QED) is 0.476. The van der Waals surface area contributed by atoms with E-state index in [0.717, 1.165) is 11.3 Å². The summed E-state index contributed by atoms with van der Waals surface area (Å²) in [5.41, 5.74) is 5.69. The molecule has 0 saturated carbocycles. The Bertz CT molecular complexity index is 1270. The van der Waals surface area contributed by atoms with Crippen LogP contribution in [0.25, 0.3) is 11.5 Å². The number of nitriles is 1. The van der Waals surface area contributed by atoms with Crippen LogP contribution < -0.4 is 25.4 Å². The molecule has 2 rings (SSSR count). The Morgan fingerprint density at radius 2 is 2.03 bits per heavy atom. The summed E-state index contributed by atoms with van der Waals surface area (Å²) in [5.74, 6) is -1.65. The lowest BCUT2D eigenvalue weighted by Crippen LogP contribution is -2.30. The Morgan fingerprint density at radius 3 is 2.63 bits per heavy atom. The molecule has 1 heterocycles. The Kier molecular flexibility index (Phi) is 7.56. The molecule has 0 bridgehead atoms. The monoisotopic (exact) mass is 424 g/mol. The van der Waals surface area contributed by atoms with Crippen LogP contribution in [0.15, 0.2) is 40.8 Å². The zero-order valence-corrected chi connectivity index (χ0v) is 17.5. The van der Waals surface area contributed by atoms with Crippen molar-refractivity contribution in [3.8, 4) is 6.07 Å². The van der Waals surface area contributed by atoms with Crippen molar-refractivity contribution < 1.29 is 14.7 Å². The maximum atomic E-state index is 12.5. The molecule has 0 fully saturated rings. The highest BCUT2D eigenvalue weighted by Crippen LogP contribution is 2.15. The molecular formula is C21H20N4O4S. The van der Waals surface area contributed by atoms with Crippen LogP contribution >= 0.6 is 11.3 Å². The minimum Gasteiger partial charge on any atom is -0.477 e. The maximum Gasteiger partial charge on any atom is 0.354 e. The van der Waals surface area contributed by atoms with Gasteiger partial charge in [0.25, 0.3) is 5.56 Å². The number of nitrogens with zero attached hydrogens (tertiary/aromatic N) is 2. The number of benzene rings is 1. The van der Waals surface area contributed by atoms with E-state index in [1.807, 2.05) is 0 Å². The van der Waals surface area contributed by atoms with Gasteiger partial charge in [0.15, 0.2) is 5.57 Å². The molecule has 0 aliphatic carbocycles. The highest BCUT2D eigenvalue weighted by molar-refractivity contribution is 7.07. The lowest BCUT2D eigenvalue weighted by molar-refractivity contribution is -0.132. The van der Waals surface area contributed by atoms with E-state index in [-0.39, 0.29) is 26.6 Å². The molecule has 3 N–H and O–H groups in total. The fourth-order valence-electron chi connectivity index (χ4n) is 2.28. The molecule has 154 valence electrons. The molecule has 9 heteroatoms. The summed E-state index contributed by atoms with van der Waals surface area (Å²) in [6.07, 6.45) is 1.45. The number of aromatic nitrogens is 1. The normalized spacial score (nSPS) is 9.83. The molecule has 1 aromatic carbocycles. The fourth-order valence-corrected chi connectivity index (χ4v) is 3.26. The maximum absolute atomic E-state index is 12.5. The Morgan fingerprint density at radius 1 is 1.33 bits per heavy atom. The van der Waals surface area contributed by atoms with Crippen LogP contribution in [-0.4, -0.2) is 21.6 Å². The molecular weight excluding hydrogens is 404 g/mol. The Hall–Kier alpha value is -3.82. The summed E-state index contributed by atoms with van der Waals surface area (Å²) < 4.78 is 1.79. The number of nitrogens with one attached hydrogen (secondary N) is 2. The van der Waals surface area contributed by atoms with E-state index in [2.05, 4.69) is 22.1 Å². The van der Waals surface area contributed by atoms with Gasteiger partial charge in [0, 0.05) is 30.0 Å². The number of carboxylic acid groups (broad SMARTS) is 1. The number of carbonyl (C=O) groups excluding carboxylic acids is 1. The second-order valence-electron chi connectivity index (χ2n) is 6.36. The summed E-state index contributed by atoms with van der Waals surface area (Å²) in [4.78, 5) is 35.3. The predicted octanol–water partition coefficient (Wildman–Crippen LogP) is 1.44. The van der Waals surface area contributed by atoms with E-state index in [0.29, 0.717) is 17.9 Å². The standard InChI is InChI=1S/C21H20N4O4S/c1-4-25-18(10-14(12-22)21(28)29)30-17(20(25)27)8-9-23-15-6-5-7-16(11-15)24-19(26)13(2)3/h5-7,9,11,13,23H,4H2,1-3H3,(H,24,26)(H,28,29). The summed E-state index contributed by atoms with van der Waals surface area (Å²) in [6.45, 7) is 5.63. The average molecular weight is 424 g/mol. The first-order chi connectivity index (χ1) is 14.3. The van der Waals surface area contributed by atoms with Gasteiger partial charge in [-0.15, -0.1) is 0 Å². The topological polar surface area (TPSA) is 124 Å². The van der Waals surface area contributed by atoms with Crippen molar-refractivity contribution in [3.63, 3.8) is 0 Å². The molecule has 1 aromatic heterocycles. The number of amides is 1. The van der Waals surface area contributed by atoms with Crippen LogP contribution in [0, 0.1) is 17.2 Å². The SMILES string of the molecule is CCn1c(=C=C(C#N)C(=O)O)sc(=C=CNc2cccc(NC(=O)C(C)C)c2)c1=O. The van der Waals surface area contributed by atoms with Crippen LogP contribution in [0.3, 0.4) is 0 Å². The van der Waals surface area contributed by atoms with Gasteiger partial charge in [-0.25, -0.2) is 4.79 Å². The van der Waals surface area contributed by atoms with Crippen LogP contribution in [-0.2, 0) is 16.1 Å². The van der Waals surface area contributed by atoms with Crippen LogP contribution in [0.4, 0.5) is 11.4 Å². The number of aliphatic carboxylic acids is 1. The highest BCUT2D eigenvalue weighted by Gasteiger charge is 2.08. The van der Waals surface area contributed by atoms with E-state index in [1.54, 1.807) is 51.1 Å². The van der Waals surface area contributed by atoms with Gasteiger partial charge in [0.05, 0.1) is 0 Å². The third kappa shape index (κ3) is 5.60. The molecule has 0 radical (unpaired) electrons. The first-order valence-corrected chi connectivity index (χ1v) is 9.85. The summed E-state index contributed by atoms with van der Waals surface area (Å²) >= 11 is 0.986. The number of hydrogen-bond donors (Lipinski definition) is 3. The van der Waals surface area contributed by atoms with Gasteiger partial charge in [-0.1, -0.05) is 42.7 Å². The number of anilines is 2. The second-order valence-corrected chi connectivity index (χ2v) is 7.36. The number of hydrogen-bond acceptors (Lipinski definition) is 6. The predicted molar refractivity (Wildman–Crippen MR) is 115 cm³/mol. The number of thiazole rings is 1. The largest absolute Gasteiger partial charge is 0.477 e. The van der Waals surface area contributed by atoms with Gasteiger partial charge < -0.3 is 15.7 Å². The van der Waals surface area contributed by atoms with Gasteiger partial charge in [-0.3, -0.25) is 14.2 Å². The first kappa shape index (κ1) is 22.5. The third-order valence-electron chi connectivity index (χ3n) is 3.85. The summed E-state index contributed by atoms with van der Waals surface area (Å²) in [7, 11) is 0. The lowest BCUT2D eigenvalue weighted by atomic mass is 10.2. The summed E-state index contributed by atoms with van der Waals surface area (Å²) in [6, 6.07) is 8.61. The number of carbonyl (C=O) groups is 2. The first-order valence-electron chi connectivity index (χ1n) is 9.03. The molecule has 0 atom stereocenters.